The molecule has 0 bridgehead atoms. The molecule has 234 valence electrons. The normalized spacial score (nSPS) is 12.3. The van der Waals surface area contributed by atoms with Crippen molar-refractivity contribution in [1.29, 1.82) is 0 Å². The van der Waals surface area contributed by atoms with Crippen LogP contribution in [0.3, 0.4) is 0 Å². The summed E-state index contributed by atoms with van der Waals surface area (Å²) < 4.78 is 43.0. The molecular weight excluding hydrogens is 600 g/mol. The van der Waals surface area contributed by atoms with Gasteiger partial charge in [-0.05, 0) is 59.7 Å². The Labute approximate surface area is 262 Å². The van der Waals surface area contributed by atoms with Crippen molar-refractivity contribution < 1.29 is 57.1 Å². The predicted molar refractivity (Wildman–Crippen MR) is 161 cm³/mol. The van der Waals surface area contributed by atoms with Crippen molar-refractivity contribution in [2.45, 2.75) is 0 Å². The summed E-state index contributed by atoms with van der Waals surface area (Å²) in [6, 6.07) is 15.0. The van der Waals surface area contributed by atoms with Gasteiger partial charge in [0.05, 0.1) is 39.6 Å². The molecule has 2 aliphatic heterocycles. The Hall–Kier alpha value is -6.04. The molecule has 12 nitrogen and oxygen atoms in total. The van der Waals surface area contributed by atoms with E-state index in [0.717, 1.165) is 0 Å². The third-order valence-corrected chi connectivity index (χ3v) is 7.48. The Morgan fingerprint density at radius 2 is 0.870 bits per heavy atom. The third kappa shape index (κ3) is 5.19. The minimum Gasteiger partial charge on any atom is -0.496 e. The van der Waals surface area contributed by atoms with E-state index in [9.17, 15) is 19.2 Å². The lowest BCUT2D eigenvalue weighted by atomic mass is 9.93. The van der Waals surface area contributed by atoms with E-state index in [0.29, 0.717) is 22.6 Å². The zero-order valence-electron chi connectivity index (χ0n) is 25.1. The standard InChI is InChI=1S/C34H26O12/c1-39-23-7-5-17(9-21(23)31(37)29(35)19-11-25(41-3)33-27(13-19)43-15-45-33)18-6-8-24(40-2)22(10-18)32(38)30(36)20-12-26(42-4)34-28(14-20)44-16-46-34/h5-14H,15-16H2,1-4H3. The lowest BCUT2D eigenvalue weighted by Gasteiger charge is -2.13. The van der Waals surface area contributed by atoms with Gasteiger partial charge in [0.1, 0.15) is 11.5 Å². The number of fused-ring (bicyclic) bond motifs is 2. The lowest BCUT2D eigenvalue weighted by molar-refractivity contribution is 0.0814. The fourth-order valence-corrected chi connectivity index (χ4v) is 5.16. The number of carbonyl (C=O) groups is 4. The fourth-order valence-electron chi connectivity index (χ4n) is 5.16. The van der Waals surface area contributed by atoms with Crippen LogP contribution in [0.2, 0.25) is 0 Å². The average Bonchev–Trinajstić information content (AvgIpc) is 3.79. The Bertz CT molecular complexity index is 1790. The number of methoxy groups -OCH3 is 4. The second-order valence-electron chi connectivity index (χ2n) is 9.97. The number of Topliss-reactive ketones (excluding diaryl/α,β-unsaturated/α-hetero) is 4. The number of ketones is 4. The summed E-state index contributed by atoms with van der Waals surface area (Å²) in [6.45, 7) is -0.0913. The van der Waals surface area contributed by atoms with Gasteiger partial charge in [-0.25, -0.2) is 0 Å². The van der Waals surface area contributed by atoms with Gasteiger partial charge in [0.25, 0.3) is 0 Å². The molecule has 2 heterocycles. The molecular formula is C34H26O12. The second kappa shape index (κ2) is 12.2. The maximum Gasteiger partial charge on any atom is 0.237 e. The SMILES string of the molecule is COc1ccc(-c2ccc(OC)c(C(=O)C(=O)c3cc(OC)c4c(c3)OCO4)c2)cc1C(=O)C(=O)c1cc(OC)c2c(c1)OCO2. The quantitative estimate of drug-likeness (QED) is 0.164. The maximum absolute atomic E-state index is 13.6. The highest BCUT2D eigenvalue weighted by Gasteiger charge is 2.30. The summed E-state index contributed by atoms with van der Waals surface area (Å²) in [5.41, 5.74) is 0.968. The molecule has 0 saturated heterocycles. The lowest BCUT2D eigenvalue weighted by Crippen LogP contribution is -2.16. The van der Waals surface area contributed by atoms with Gasteiger partial charge in [0.15, 0.2) is 23.0 Å². The van der Waals surface area contributed by atoms with Crippen molar-refractivity contribution in [2.75, 3.05) is 42.0 Å². The molecule has 0 spiro atoms. The smallest absolute Gasteiger partial charge is 0.237 e. The molecule has 12 heteroatoms. The molecule has 4 aromatic carbocycles. The Morgan fingerprint density at radius 3 is 1.24 bits per heavy atom. The van der Waals surface area contributed by atoms with Crippen LogP contribution in [0.15, 0.2) is 60.7 Å². The summed E-state index contributed by atoms with van der Waals surface area (Å²) >= 11 is 0. The van der Waals surface area contributed by atoms with E-state index >= 15 is 0 Å². The van der Waals surface area contributed by atoms with Gasteiger partial charge in [-0.2, -0.15) is 0 Å². The van der Waals surface area contributed by atoms with E-state index in [1.807, 2.05) is 0 Å². The molecule has 0 radical (unpaired) electrons. The summed E-state index contributed by atoms with van der Waals surface area (Å²) in [5.74, 6) is -1.32. The minimum absolute atomic E-state index is 0.0196. The first-order valence-electron chi connectivity index (χ1n) is 13.8. The van der Waals surface area contributed by atoms with E-state index < -0.39 is 23.1 Å². The third-order valence-electron chi connectivity index (χ3n) is 7.48. The fraction of sp³-hybridized carbons (Fsp3) is 0.176. The van der Waals surface area contributed by atoms with Crippen LogP contribution in [-0.4, -0.2) is 65.2 Å². The van der Waals surface area contributed by atoms with Crippen LogP contribution in [0.25, 0.3) is 11.1 Å². The van der Waals surface area contributed by atoms with Gasteiger partial charge in [-0.1, -0.05) is 12.1 Å². The van der Waals surface area contributed by atoms with Gasteiger partial charge in [0.2, 0.25) is 48.2 Å². The highest BCUT2D eigenvalue weighted by molar-refractivity contribution is 6.50. The van der Waals surface area contributed by atoms with Crippen molar-refractivity contribution in [3.63, 3.8) is 0 Å². The summed E-state index contributed by atoms with van der Waals surface area (Å²) in [4.78, 5) is 53.9. The van der Waals surface area contributed by atoms with E-state index in [-0.39, 0.29) is 70.3 Å². The number of hydrogen-bond acceptors (Lipinski definition) is 12. The number of hydrogen-bond donors (Lipinski definition) is 0. The van der Waals surface area contributed by atoms with Gasteiger partial charge >= 0.3 is 0 Å². The van der Waals surface area contributed by atoms with Crippen molar-refractivity contribution in [2.24, 2.45) is 0 Å². The van der Waals surface area contributed by atoms with Gasteiger partial charge in [-0.15, -0.1) is 0 Å². The first kappa shape index (κ1) is 30.0. The summed E-state index contributed by atoms with van der Waals surface area (Å²) in [6.07, 6.45) is 0. The van der Waals surface area contributed by atoms with Crippen LogP contribution in [0, 0.1) is 0 Å². The van der Waals surface area contributed by atoms with E-state index in [1.54, 1.807) is 12.1 Å². The highest BCUT2D eigenvalue weighted by atomic mass is 16.7. The molecule has 46 heavy (non-hydrogen) atoms. The van der Waals surface area contributed by atoms with Crippen LogP contribution in [-0.2, 0) is 0 Å². The first-order valence-corrected chi connectivity index (χ1v) is 13.8. The largest absolute Gasteiger partial charge is 0.496 e. The number of benzene rings is 4. The van der Waals surface area contributed by atoms with Crippen molar-refractivity contribution >= 4 is 23.1 Å². The predicted octanol–water partition coefficient (Wildman–Crippen LogP) is 4.98. The zero-order chi connectivity index (χ0) is 32.5. The highest BCUT2D eigenvalue weighted by Crippen LogP contribution is 2.43. The molecule has 0 fully saturated rings. The van der Waals surface area contributed by atoms with Gasteiger partial charge in [0, 0.05) is 11.1 Å². The molecule has 0 saturated carbocycles. The molecule has 0 amide bonds. The summed E-state index contributed by atoms with van der Waals surface area (Å²) in [5, 5.41) is 0. The Balaban J connectivity index is 1.34. The molecule has 2 aliphatic rings. The molecule has 0 aliphatic carbocycles. The maximum atomic E-state index is 13.6. The minimum atomic E-state index is -0.851. The number of ether oxygens (including phenoxy) is 8. The van der Waals surface area contributed by atoms with Gasteiger partial charge in [-0.3, -0.25) is 19.2 Å². The monoisotopic (exact) mass is 626 g/mol. The van der Waals surface area contributed by atoms with E-state index in [1.165, 1.54) is 77.0 Å². The molecule has 0 aromatic heterocycles. The van der Waals surface area contributed by atoms with Crippen molar-refractivity contribution in [3.8, 4) is 57.1 Å². The molecule has 0 atom stereocenters. The molecule has 0 N–H and O–H groups in total. The molecule has 0 unspecified atom stereocenters. The van der Waals surface area contributed by atoms with Crippen LogP contribution in [0.4, 0.5) is 0 Å². The number of carbonyl (C=O) groups excluding carboxylic acids is 4. The summed E-state index contributed by atoms with van der Waals surface area (Å²) in [7, 11) is 5.57. The van der Waals surface area contributed by atoms with Crippen LogP contribution >= 0.6 is 0 Å². The van der Waals surface area contributed by atoms with E-state index in [2.05, 4.69) is 0 Å². The van der Waals surface area contributed by atoms with Crippen LogP contribution < -0.4 is 37.9 Å². The second-order valence-corrected chi connectivity index (χ2v) is 9.97. The Morgan fingerprint density at radius 1 is 0.478 bits per heavy atom. The van der Waals surface area contributed by atoms with Crippen molar-refractivity contribution in [3.05, 3.63) is 82.9 Å². The Kier molecular flexibility index (Phi) is 7.93. The van der Waals surface area contributed by atoms with Crippen molar-refractivity contribution in [1.82, 2.24) is 0 Å². The first-order chi connectivity index (χ1) is 22.3. The zero-order valence-corrected chi connectivity index (χ0v) is 25.1. The average molecular weight is 627 g/mol. The van der Waals surface area contributed by atoms with Crippen LogP contribution in [0.1, 0.15) is 41.4 Å². The van der Waals surface area contributed by atoms with E-state index in [4.69, 9.17) is 37.9 Å². The topological polar surface area (TPSA) is 142 Å². The number of rotatable bonds is 11. The molecule has 4 aromatic rings. The van der Waals surface area contributed by atoms with Crippen LogP contribution in [0.5, 0.6) is 46.0 Å². The van der Waals surface area contributed by atoms with Gasteiger partial charge < -0.3 is 37.9 Å². The molecule has 6 rings (SSSR count).